The molecule has 1 saturated heterocycles. The van der Waals surface area contributed by atoms with Crippen molar-refractivity contribution in [3.63, 3.8) is 0 Å². The van der Waals surface area contributed by atoms with Crippen LogP contribution in [0.25, 0.3) is 0 Å². The average Bonchev–Trinajstić information content (AvgIpc) is 2.96. The second-order valence-corrected chi connectivity index (χ2v) is 5.65. The predicted octanol–water partition coefficient (Wildman–Crippen LogP) is 2.24. The van der Waals surface area contributed by atoms with Crippen molar-refractivity contribution < 1.29 is 9.26 Å². The number of rotatable bonds is 4. The summed E-state index contributed by atoms with van der Waals surface area (Å²) in [6.07, 6.45) is 8.99. The molecule has 1 aromatic rings. The summed E-state index contributed by atoms with van der Waals surface area (Å²) in [4.78, 5) is 4.48. The van der Waals surface area contributed by atoms with Gasteiger partial charge in [0.1, 0.15) is 6.10 Å². The van der Waals surface area contributed by atoms with Gasteiger partial charge in [0.05, 0.1) is 6.61 Å². The van der Waals surface area contributed by atoms with E-state index in [1.54, 1.807) is 0 Å². The molecule has 0 aromatic carbocycles. The molecule has 1 saturated carbocycles. The summed E-state index contributed by atoms with van der Waals surface area (Å²) in [5.74, 6) is 2.33. The highest BCUT2D eigenvalue weighted by Crippen LogP contribution is 2.27. The highest BCUT2D eigenvalue weighted by atomic mass is 16.5. The third kappa shape index (κ3) is 3.54. The molecule has 3 rings (SSSR count). The monoisotopic (exact) mass is 265 g/mol. The third-order valence-corrected chi connectivity index (χ3v) is 4.19. The number of aromatic nitrogens is 2. The van der Waals surface area contributed by atoms with Crippen LogP contribution >= 0.6 is 0 Å². The first-order valence-corrected chi connectivity index (χ1v) is 7.56. The van der Waals surface area contributed by atoms with Crippen LogP contribution in [0.1, 0.15) is 56.3 Å². The van der Waals surface area contributed by atoms with E-state index in [-0.39, 0.29) is 6.10 Å². The molecule has 1 unspecified atom stereocenters. The Labute approximate surface area is 114 Å². The minimum atomic E-state index is -0.0408. The highest BCUT2D eigenvalue weighted by molar-refractivity contribution is 4.94. The van der Waals surface area contributed by atoms with Crippen molar-refractivity contribution in [3.05, 3.63) is 11.7 Å². The van der Waals surface area contributed by atoms with E-state index in [1.165, 1.54) is 38.5 Å². The molecule has 19 heavy (non-hydrogen) atoms. The number of morpholine rings is 1. The number of hydrogen-bond acceptors (Lipinski definition) is 5. The second-order valence-electron chi connectivity index (χ2n) is 5.65. The van der Waals surface area contributed by atoms with Crippen molar-refractivity contribution in [2.75, 3.05) is 19.7 Å². The second kappa shape index (κ2) is 6.48. The lowest BCUT2D eigenvalue weighted by Crippen LogP contribution is -2.33. The van der Waals surface area contributed by atoms with Gasteiger partial charge >= 0.3 is 0 Å². The van der Waals surface area contributed by atoms with E-state index >= 15 is 0 Å². The lowest BCUT2D eigenvalue weighted by molar-refractivity contribution is 0.0208. The zero-order valence-electron chi connectivity index (χ0n) is 11.4. The van der Waals surface area contributed by atoms with Gasteiger partial charge in [0.25, 0.3) is 0 Å². The van der Waals surface area contributed by atoms with E-state index in [0.717, 1.165) is 37.9 Å². The average molecular weight is 265 g/mol. The molecule has 1 aliphatic carbocycles. The van der Waals surface area contributed by atoms with Crippen LogP contribution in [0.2, 0.25) is 0 Å². The van der Waals surface area contributed by atoms with Crippen molar-refractivity contribution in [2.24, 2.45) is 5.92 Å². The lowest BCUT2D eigenvalue weighted by atomic mass is 9.86. The summed E-state index contributed by atoms with van der Waals surface area (Å²) in [6, 6.07) is 0. The van der Waals surface area contributed by atoms with Crippen molar-refractivity contribution in [3.8, 4) is 0 Å². The fraction of sp³-hybridized carbons (Fsp3) is 0.857. The van der Waals surface area contributed by atoms with Crippen molar-refractivity contribution in [1.29, 1.82) is 0 Å². The summed E-state index contributed by atoms with van der Waals surface area (Å²) in [7, 11) is 0. The van der Waals surface area contributed by atoms with E-state index in [2.05, 4.69) is 15.5 Å². The van der Waals surface area contributed by atoms with Gasteiger partial charge in [-0.05, 0) is 12.3 Å². The first-order chi connectivity index (χ1) is 9.42. The fourth-order valence-corrected chi connectivity index (χ4v) is 3.04. The summed E-state index contributed by atoms with van der Waals surface area (Å²) in [6.45, 7) is 2.40. The minimum Gasteiger partial charge on any atom is -0.367 e. The molecular formula is C14H23N3O2. The molecule has 0 amide bonds. The van der Waals surface area contributed by atoms with Gasteiger partial charge < -0.3 is 14.6 Å². The zero-order valence-corrected chi connectivity index (χ0v) is 11.4. The molecule has 2 aliphatic rings. The van der Waals surface area contributed by atoms with Crippen LogP contribution in [-0.4, -0.2) is 29.8 Å². The Morgan fingerprint density at radius 3 is 2.89 bits per heavy atom. The maximum atomic E-state index is 5.62. The Balaban J connectivity index is 1.49. The van der Waals surface area contributed by atoms with Gasteiger partial charge in [0.2, 0.25) is 11.7 Å². The normalized spacial score (nSPS) is 25.6. The van der Waals surface area contributed by atoms with Crippen LogP contribution in [0, 0.1) is 5.92 Å². The van der Waals surface area contributed by atoms with E-state index in [0.29, 0.717) is 5.82 Å². The van der Waals surface area contributed by atoms with Crippen LogP contribution in [-0.2, 0) is 11.2 Å². The van der Waals surface area contributed by atoms with E-state index < -0.39 is 0 Å². The lowest BCUT2D eigenvalue weighted by Gasteiger charge is -2.20. The smallest absolute Gasteiger partial charge is 0.226 e. The standard InChI is InChI=1S/C14H23N3O2/c1-2-4-11(5-3-1)6-7-13-16-14(17-19-13)12-10-15-8-9-18-12/h11-12,15H,1-10H2. The van der Waals surface area contributed by atoms with Gasteiger partial charge in [0, 0.05) is 19.5 Å². The van der Waals surface area contributed by atoms with Gasteiger partial charge in [-0.25, -0.2) is 0 Å². The van der Waals surface area contributed by atoms with E-state index in [1.807, 2.05) is 0 Å². The van der Waals surface area contributed by atoms with Crippen molar-refractivity contribution in [2.45, 2.75) is 51.0 Å². The number of nitrogens with one attached hydrogen (secondary N) is 1. The first-order valence-electron chi connectivity index (χ1n) is 7.56. The highest BCUT2D eigenvalue weighted by Gasteiger charge is 2.22. The largest absolute Gasteiger partial charge is 0.367 e. The number of nitrogens with zero attached hydrogens (tertiary/aromatic N) is 2. The van der Waals surface area contributed by atoms with Gasteiger partial charge in [-0.2, -0.15) is 4.98 Å². The zero-order chi connectivity index (χ0) is 12.9. The first kappa shape index (κ1) is 13.1. The van der Waals surface area contributed by atoms with Crippen LogP contribution in [0.4, 0.5) is 0 Å². The maximum absolute atomic E-state index is 5.62. The molecule has 2 fully saturated rings. The summed E-state index contributed by atoms with van der Waals surface area (Å²) in [5, 5.41) is 7.33. The molecule has 106 valence electrons. The molecule has 1 aliphatic heterocycles. The number of hydrogen-bond donors (Lipinski definition) is 1. The molecule has 2 heterocycles. The van der Waals surface area contributed by atoms with E-state index in [4.69, 9.17) is 9.26 Å². The molecule has 1 aromatic heterocycles. The SMILES string of the molecule is C1CCC(CCc2nc(C3CNCCO3)no2)CC1. The third-order valence-electron chi connectivity index (χ3n) is 4.19. The number of ether oxygens (including phenoxy) is 1. The van der Waals surface area contributed by atoms with Crippen LogP contribution < -0.4 is 5.32 Å². The predicted molar refractivity (Wildman–Crippen MR) is 70.8 cm³/mol. The maximum Gasteiger partial charge on any atom is 0.226 e. The van der Waals surface area contributed by atoms with Crippen LogP contribution in [0.3, 0.4) is 0 Å². The Kier molecular flexibility index (Phi) is 4.45. The quantitative estimate of drug-likeness (QED) is 0.904. The van der Waals surface area contributed by atoms with Gasteiger partial charge in [-0.15, -0.1) is 0 Å². The Hall–Kier alpha value is -0.940. The molecular weight excluding hydrogens is 242 g/mol. The van der Waals surface area contributed by atoms with Crippen LogP contribution in [0.15, 0.2) is 4.52 Å². The summed E-state index contributed by atoms with van der Waals surface area (Å²) >= 11 is 0. The minimum absolute atomic E-state index is 0.0408. The molecule has 5 nitrogen and oxygen atoms in total. The molecule has 1 atom stereocenters. The van der Waals surface area contributed by atoms with Crippen molar-refractivity contribution in [1.82, 2.24) is 15.5 Å². The van der Waals surface area contributed by atoms with Gasteiger partial charge in [0.15, 0.2) is 0 Å². The Morgan fingerprint density at radius 1 is 1.21 bits per heavy atom. The van der Waals surface area contributed by atoms with Gasteiger partial charge in [-0.3, -0.25) is 0 Å². The molecule has 5 heteroatoms. The molecule has 0 spiro atoms. The molecule has 0 bridgehead atoms. The molecule has 0 radical (unpaired) electrons. The van der Waals surface area contributed by atoms with E-state index in [9.17, 15) is 0 Å². The summed E-state index contributed by atoms with van der Waals surface area (Å²) < 4.78 is 11.0. The van der Waals surface area contributed by atoms with Crippen molar-refractivity contribution >= 4 is 0 Å². The topological polar surface area (TPSA) is 60.2 Å². The number of aryl methyl sites for hydroxylation is 1. The Morgan fingerprint density at radius 2 is 2.11 bits per heavy atom. The summed E-state index contributed by atoms with van der Waals surface area (Å²) in [5.41, 5.74) is 0. The fourth-order valence-electron chi connectivity index (χ4n) is 3.04. The van der Waals surface area contributed by atoms with Crippen LogP contribution in [0.5, 0.6) is 0 Å². The Bertz CT molecular complexity index is 382. The molecule has 1 N–H and O–H groups in total. The van der Waals surface area contributed by atoms with Gasteiger partial charge in [-0.1, -0.05) is 37.3 Å².